The van der Waals surface area contributed by atoms with Gasteiger partial charge in [-0.3, -0.25) is 9.63 Å². The van der Waals surface area contributed by atoms with E-state index in [0.29, 0.717) is 13.0 Å². The average Bonchev–Trinajstić information content (AvgIpc) is 2.65. The molecule has 0 N–H and O–H groups in total. The van der Waals surface area contributed by atoms with Crippen LogP contribution in [0.5, 0.6) is 0 Å². The molecule has 0 bridgehead atoms. The van der Waals surface area contributed by atoms with E-state index in [1.165, 1.54) is 17.9 Å². The van der Waals surface area contributed by atoms with Crippen molar-refractivity contribution < 1.29 is 9.63 Å². The molecular formula is C10H19NO2. The molecule has 0 unspecified atom stereocenters. The van der Waals surface area contributed by atoms with Crippen LogP contribution in [-0.4, -0.2) is 24.1 Å². The lowest BCUT2D eigenvalue weighted by Crippen LogP contribution is -2.25. The minimum atomic E-state index is 0.161. The fourth-order valence-electron chi connectivity index (χ4n) is 1.47. The van der Waals surface area contributed by atoms with Crippen LogP contribution in [0.2, 0.25) is 0 Å². The molecule has 1 amide bonds. The van der Waals surface area contributed by atoms with Crippen molar-refractivity contribution in [3.8, 4) is 0 Å². The first-order valence-electron chi connectivity index (χ1n) is 5.28. The molecule has 0 atom stereocenters. The van der Waals surface area contributed by atoms with Gasteiger partial charge in [-0.15, -0.1) is 0 Å². The Kier molecular flexibility index (Phi) is 4.83. The van der Waals surface area contributed by atoms with Crippen molar-refractivity contribution in [2.75, 3.05) is 13.2 Å². The number of hydrogen-bond donors (Lipinski definition) is 0. The average molecular weight is 185 g/mol. The van der Waals surface area contributed by atoms with E-state index in [-0.39, 0.29) is 5.91 Å². The number of amides is 1. The van der Waals surface area contributed by atoms with Crippen LogP contribution in [-0.2, 0) is 9.63 Å². The summed E-state index contributed by atoms with van der Waals surface area (Å²) < 4.78 is 0. The van der Waals surface area contributed by atoms with Crippen molar-refractivity contribution in [3.05, 3.63) is 0 Å². The highest BCUT2D eigenvalue weighted by Crippen LogP contribution is 2.09. The van der Waals surface area contributed by atoms with E-state index in [1.54, 1.807) is 0 Å². The Morgan fingerprint density at radius 2 is 2.23 bits per heavy atom. The SMILES string of the molecule is CCCCCCC(=O)N1CCCO1. The maximum atomic E-state index is 11.4. The van der Waals surface area contributed by atoms with Gasteiger partial charge >= 0.3 is 0 Å². The Morgan fingerprint density at radius 3 is 2.85 bits per heavy atom. The Morgan fingerprint density at radius 1 is 1.38 bits per heavy atom. The molecule has 0 aromatic heterocycles. The van der Waals surface area contributed by atoms with Gasteiger partial charge < -0.3 is 0 Å². The van der Waals surface area contributed by atoms with Gasteiger partial charge in [-0.1, -0.05) is 26.2 Å². The quantitative estimate of drug-likeness (QED) is 0.614. The third-order valence-electron chi connectivity index (χ3n) is 2.28. The molecule has 1 fully saturated rings. The van der Waals surface area contributed by atoms with Gasteiger partial charge in [-0.05, 0) is 12.8 Å². The second-order valence-electron chi connectivity index (χ2n) is 3.49. The first-order chi connectivity index (χ1) is 6.34. The summed E-state index contributed by atoms with van der Waals surface area (Å²) in [5, 5.41) is 1.52. The lowest BCUT2D eigenvalue weighted by molar-refractivity contribution is -0.168. The predicted octanol–water partition coefficient (Wildman–Crippen LogP) is 2.12. The van der Waals surface area contributed by atoms with Gasteiger partial charge in [0.1, 0.15) is 0 Å². The third-order valence-corrected chi connectivity index (χ3v) is 2.28. The molecule has 1 saturated heterocycles. The van der Waals surface area contributed by atoms with Crippen molar-refractivity contribution in [1.82, 2.24) is 5.06 Å². The molecule has 13 heavy (non-hydrogen) atoms. The van der Waals surface area contributed by atoms with Gasteiger partial charge in [0.05, 0.1) is 13.2 Å². The summed E-state index contributed by atoms with van der Waals surface area (Å²) in [6.45, 7) is 3.67. The minimum Gasteiger partial charge on any atom is -0.273 e. The molecule has 0 radical (unpaired) electrons. The van der Waals surface area contributed by atoms with Crippen LogP contribution < -0.4 is 0 Å². The number of carbonyl (C=O) groups is 1. The van der Waals surface area contributed by atoms with Crippen LogP contribution in [0.3, 0.4) is 0 Å². The monoisotopic (exact) mass is 185 g/mol. The Hall–Kier alpha value is -0.570. The summed E-state index contributed by atoms with van der Waals surface area (Å²) in [7, 11) is 0. The summed E-state index contributed by atoms with van der Waals surface area (Å²) in [6, 6.07) is 0. The van der Waals surface area contributed by atoms with Crippen molar-refractivity contribution in [1.29, 1.82) is 0 Å². The van der Waals surface area contributed by atoms with Gasteiger partial charge in [0.25, 0.3) is 0 Å². The number of nitrogens with zero attached hydrogens (tertiary/aromatic N) is 1. The molecule has 0 saturated carbocycles. The molecule has 0 aliphatic carbocycles. The molecule has 1 heterocycles. The summed E-state index contributed by atoms with van der Waals surface area (Å²) in [5.41, 5.74) is 0. The van der Waals surface area contributed by atoms with Crippen molar-refractivity contribution in [3.63, 3.8) is 0 Å². The second-order valence-corrected chi connectivity index (χ2v) is 3.49. The normalized spacial score (nSPS) is 16.5. The zero-order chi connectivity index (χ0) is 9.52. The van der Waals surface area contributed by atoms with E-state index < -0.39 is 0 Å². The van der Waals surface area contributed by atoms with E-state index >= 15 is 0 Å². The fourth-order valence-corrected chi connectivity index (χ4v) is 1.47. The maximum Gasteiger partial charge on any atom is 0.246 e. The lowest BCUT2D eigenvalue weighted by atomic mass is 10.1. The van der Waals surface area contributed by atoms with E-state index in [9.17, 15) is 4.79 Å². The largest absolute Gasteiger partial charge is 0.273 e. The number of hydroxylamine groups is 2. The Labute approximate surface area is 80.0 Å². The van der Waals surface area contributed by atoms with Crippen molar-refractivity contribution in [2.24, 2.45) is 0 Å². The molecule has 3 nitrogen and oxygen atoms in total. The van der Waals surface area contributed by atoms with Crippen LogP contribution in [0.25, 0.3) is 0 Å². The maximum absolute atomic E-state index is 11.4. The smallest absolute Gasteiger partial charge is 0.246 e. The number of hydrogen-bond acceptors (Lipinski definition) is 2. The zero-order valence-corrected chi connectivity index (χ0v) is 8.42. The van der Waals surface area contributed by atoms with Crippen LogP contribution >= 0.6 is 0 Å². The van der Waals surface area contributed by atoms with Gasteiger partial charge in [0, 0.05) is 6.42 Å². The zero-order valence-electron chi connectivity index (χ0n) is 8.42. The molecule has 0 aromatic rings. The second kappa shape index (κ2) is 5.97. The minimum absolute atomic E-state index is 0.161. The van der Waals surface area contributed by atoms with Gasteiger partial charge in [-0.25, -0.2) is 5.06 Å². The summed E-state index contributed by atoms with van der Waals surface area (Å²) in [6.07, 6.45) is 6.26. The highest BCUT2D eigenvalue weighted by Gasteiger charge is 2.17. The van der Waals surface area contributed by atoms with Crippen LogP contribution in [0.1, 0.15) is 45.4 Å². The van der Waals surface area contributed by atoms with E-state index in [0.717, 1.165) is 25.8 Å². The van der Waals surface area contributed by atoms with Crippen molar-refractivity contribution >= 4 is 5.91 Å². The topological polar surface area (TPSA) is 29.5 Å². The Bertz CT molecular complexity index is 153. The molecule has 0 spiro atoms. The number of unbranched alkanes of at least 4 members (excludes halogenated alkanes) is 3. The summed E-state index contributed by atoms with van der Waals surface area (Å²) in [4.78, 5) is 16.6. The van der Waals surface area contributed by atoms with Crippen LogP contribution in [0, 0.1) is 0 Å². The van der Waals surface area contributed by atoms with Crippen LogP contribution in [0.4, 0.5) is 0 Å². The highest BCUT2D eigenvalue weighted by atomic mass is 16.7. The number of rotatable bonds is 5. The fraction of sp³-hybridized carbons (Fsp3) is 0.900. The van der Waals surface area contributed by atoms with E-state index in [2.05, 4.69) is 6.92 Å². The molecule has 1 rings (SSSR count). The Balaban J connectivity index is 2.03. The predicted molar refractivity (Wildman–Crippen MR) is 51.0 cm³/mol. The first-order valence-corrected chi connectivity index (χ1v) is 5.28. The van der Waals surface area contributed by atoms with E-state index in [4.69, 9.17) is 4.84 Å². The van der Waals surface area contributed by atoms with E-state index in [1.807, 2.05) is 0 Å². The summed E-state index contributed by atoms with van der Waals surface area (Å²) in [5.74, 6) is 0.161. The van der Waals surface area contributed by atoms with Gasteiger partial charge in [0.15, 0.2) is 0 Å². The molecule has 3 heteroatoms. The van der Waals surface area contributed by atoms with Crippen LogP contribution in [0.15, 0.2) is 0 Å². The van der Waals surface area contributed by atoms with Gasteiger partial charge in [0.2, 0.25) is 5.91 Å². The molecular weight excluding hydrogens is 166 g/mol. The molecule has 1 aliphatic rings. The third kappa shape index (κ3) is 3.77. The van der Waals surface area contributed by atoms with Gasteiger partial charge in [-0.2, -0.15) is 0 Å². The molecule has 0 aromatic carbocycles. The highest BCUT2D eigenvalue weighted by molar-refractivity contribution is 5.75. The standard InChI is InChI=1S/C10H19NO2/c1-2-3-4-5-7-10(12)11-8-6-9-13-11/h2-9H2,1H3. The van der Waals surface area contributed by atoms with Crippen molar-refractivity contribution in [2.45, 2.75) is 45.4 Å². The first kappa shape index (κ1) is 10.5. The lowest BCUT2D eigenvalue weighted by Gasteiger charge is -2.13. The summed E-state index contributed by atoms with van der Waals surface area (Å²) >= 11 is 0. The molecule has 76 valence electrons. The molecule has 1 aliphatic heterocycles. The number of carbonyl (C=O) groups excluding carboxylic acids is 1.